The minimum atomic E-state index is -0.324. The minimum absolute atomic E-state index is 0.135. The number of benzene rings is 2. The van der Waals surface area contributed by atoms with Crippen molar-refractivity contribution in [3.63, 3.8) is 0 Å². The fourth-order valence-corrected chi connectivity index (χ4v) is 2.97. The lowest BCUT2D eigenvalue weighted by Crippen LogP contribution is -2.14. The number of aromatic nitrogens is 4. The lowest BCUT2D eigenvalue weighted by molar-refractivity contribution is 0.102. The Labute approximate surface area is 153 Å². The number of nitrogens with zero attached hydrogens (tertiary/aromatic N) is 4. The molecule has 0 unspecified atom stereocenters. The van der Waals surface area contributed by atoms with Crippen molar-refractivity contribution >= 4 is 45.5 Å². The van der Waals surface area contributed by atoms with E-state index in [2.05, 4.69) is 20.5 Å². The van der Waals surface area contributed by atoms with Crippen LogP contribution in [-0.2, 0) is 7.05 Å². The quantitative estimate of drug-likeness (QED) is 0.600. The predicted octanol–water partition coefficient (Wildman–Crippen LogP) is 3.43. The van der Waals surface area contributed by atoms with Crippen molar-refractivity contribution < 1.29 is 9.53 Å². The van der Waals surface area contributed by atoms with E-state index in [1.165, 1.54) is 0 Å². The number of methoxy groups -OCH3 is 1. The lowest BCUT2D eigenvalue weighted by Gasteiger charge is -2.05. The maximum absolute atomic E-state index is 12.4. The summed E-state index contributed by atoms with van der Waals surface area (Å²) >= 11 is 6.07. The van der Waals surface area contributed by atoms with Crippen molar-refractivity contribution in [2.24, 2.45) is 7.05 Å². The van der Waals surface area contributed by atoms with Gasteiger partial charge < -0.3 is 9.30 Å². The molecule has 0 aliphatic carbocycles. The van der Waals surface area contributed by atoms with Crippen LogP contribution in [0.25, 0.3) is 22.1 Å². The van der Waals surface area contributed by atoms with Gasteiger partial charge in [-0.3, -0.25) is 10.1 Å². The summed E-state index contributed by atoms with van der Waals surface area (Å²) < 4.78 is 6.97. The first-order chi connectivity index (χ1) is 12.6. The van der Waals surface area contributed by atoms with Gasteiger partial charge in [0.2, 0.25) is 0 Å². The molecule has 0 atom stereocenters. The van der Waals surface area contributed by atoms with Gasteiger partial charge in [0, 0.05) is 23.0 Å². The van der Waals surface area contributed by atoms with Crippen LogP contribution in [0.4, 0.5) is 5.95 Å². The van der Waals surface area contributed by atoms with Gasteiger partial charge in [0.1, 0.15) is 11.3 Å². The van der Waals surface area contributed by atoms with E-state index in [1.54, 1.807) is 31.4 Å². The van der Waals surface area contributed by atoms with E-state index in [1.807, 2.05) is 29.8 Å². The van der Waals surface area contributed by atoms with E-state index >= 15 is 0 Å². The zero-order valence-corrected chi connectivity index (χ0v) is 14.8. The maximum Gasteiger partial charge on any atom is 0.258 e. The molecule has 130 valence electrons. The molecular weight excluding hydrogens is 354 g/mol. The van der Waals surface area contributed by atoms with Crippen LogP contribution in [0, 0.1) is 0 Å². The summed E-state index contributed by atoms with van der Waals surface area (Å²) in [6.45, 7) is 0. The number of carbonyl (C=O) groups is 1. The Hall–Kier alpha value is -3.19. The smallest absolute Gasteiger partial charge is 0.258 e. The van der Waals surface area contributed by atoms with Crippen LogP contribution in [0.3, 0.4) is 0 Å². The van der Waals surface area contributed by atoms with E-state index in [0.29, 0.717) is 27.5 Å². The fourth-order valence-electron chi connectivity index (χ4n) is 2.80. The zero-order valence-electron chi connectivity index (χ0n) is 14.0. The molecule has 0 aliphatic heterocycles. The van der Waals surface area contributed by atoms with Crippen LogP contribution >= 0.6 is 11.6 Å². The molecule has 2 aromatic heterocycles. The molecule has 0 aliphatic rings. The number of amides is 1. The molecule has 4 aromatic rings. The van der Waals surface area contributed by atoms with E-state index < -0.39 is 0 Å². The van der Waals surface area contributed by atoms with Crippen LogP contribution in [0.2, 0.25) is 5.02 Å². The summed E-state index contributed by atoms with van der Waals surface area (Å²) in [5.41, 5.74) is 2.65. The monoisotopic (exact) mass is 367 g/mol. The molecule has 8 heteroatoms. The van der Waals surface area contributed by atoms with Crippen LogP contribution in [0.15, 0.2) is 42.5 Å². The van der Waals surface area contributed by atoms with Gasteiger partial charge in [0.25, 0.3) is 11.9 Å². The third-order valence-corrected chi connectivity index (χ3v) is 4.37. The Kier molecular flexibility index (Phi) is 3.93. The van der Waals surface area contributed by atoms with Gasteiger partial charge in [-0.1, -0.05) is 11.6 Å². The summed E-state index contributed by atoms with van der Waals surface area (Å²) in [5, 5.41) is 12.4. The molecule has 0 spiro atoms. The normalized spacial score (nSPS) is 11.0. The Bertz CT molecular complexity index is 1140. The van der Waals surface area contributed by atoms with Gasteiger partial charge >= 0.3 is 0 Å². The van der Waals surface area contributed by atoms with E-state index in [-0.39, 0.29) is 11.9 Å². The van der Waals surface area contributed by atoms with E-state index in [4.69, 9.17) is 16.3 Å². The van der Waals surface area contributed by atoms with Gasteiger partial charge in [0.15, 0.2) is 5.65 Å². The number of halogens is 1. The number of aryl methyl sites for hydroxylation is 1. The number of hydrogen-bond donors (Lipinski definition) is 1. The number of nitrogens with one attached hydrogen (secondary N) is 1. The molecule has 4 rings (SSSR count). The topological polar surface area (TPSA) is 81.9 Å². The molecule has 0 bridgehead atoms. The molecule has 26 heavy (non-hydrogen) atoms. The van der Waals surface area contributed by atoms with Crippen molar-refractivity contribution in [1.29, 1.82) is 0 Å². The summed E-state index contributed by atoms with van der Waals surface area (Å²) in [5.74, 6) is 0.487. The van der Waals surface area contributed by atoms with Crippen LogP contribution < -0.4 is 10.1 Å². The zero-order chi connectivity index (χ0) is 18.3. The highest BCUT2D eigenvalue weighted by Crippen LogP contribution is 2.27. The van der Waals surface area contributed by atoms with Gasteiger partial charge in [-0.15, -0.1) is 10.2 Å². The second kappa shape index (κ2) is 6.27. The minimum Gasteiger partial charge on any atom is -0.497 e. The van der Waals surface area contributed by atoms with Crippen molar-refractivity contribution in [3.05, 3.63) is 53.1 Å². The SMILES string of the molecule is COc1ccc(C(=O)Nc2nnc3c4cc(Cl)ccc4n(C)c3n2)cc1. The molecule has 1 amide bonds. The molecular formula is C18H14ClN5O2. The average Bonchev–Trinajstić information content (AvgIpc) is 2.93. The van der Waals surface area contributed by atoms with E-state index in [0.717, 1.165) is 10.9 Å². The second-order valence-electron chi connectivity index (χ2n) is 5.71. The Balaban J connectivity index is 1.69. The van der Waals surface area contributed by atoms with Crippen molar-refractivity contribution in [2.75, 3.05) is 12.4 Å². The highest BCUT2D eigenvalue weighted by molar-refractivity contribution is 6.31. The number of ether oxygens (including phenoxy) is 1. The maximum atomic E-state index is 12.4. The first kappa shape index (κ1) is 16.3. The van der Waals surface area contributed by atoms with Gasteiger partial charge in [-0.05, 0) is 42.5 Å². The summed E-state index contributed by atoms with van der Waals surface area (Å²) in [6, 6.07) is 12.3. The highest BCUT2D eigenvalue weighted by Gasteiger charge is 2.15. The Morgan fingerprint density at radius 1 is 1.15 bits per heavy atom. The summed E-state index contributed by atoms with van der Waals surface area (Å²) in [4.78, 5) is 16.8. The summed E-state index contributed by atoms with van der Waals surface area (Å²) in [7, 11) is 3.45. The third-order valence-electron chi connectivity index (χ3n) is 4.14. The predicted molar refractivity (Wildman–Crippen MR) is 99.8 cm³/mol. The first-order valence-electron chi connectivity index (χ1n) is 7.80. The molecule has 0 radical (unpaired) electrons. The van der Waals surface area contributed by atoms with Gasteiger partial charge in [-0.2, -0.15) is 4.98 Å². The molecule has 2 aromatic carbocycles. The fraction of sp³-hybridized carbons (Fsp3) is 0.111. The standard InChI is InChI=1S/C18H14ClN5O2/c1-24-14-8-5-11(19)9-13(14)15-16(24)20-18(23-22-15)21-17(25)10-3-6-12(26-2)7-4-10/h3-9H,1-2H3,(H,20,21,23,25). The number of rotatable bonds is 3. The van der Waals surface area contributed by atoms with Crippen molar-refractivity contribution in [2.45, 2.75) is 0 Å². The molecule has 1 N–H and O–H groups in total. The number of hydrogen-bond acceptors (Lipinski definition) is 5. The van der Waals surface area contributed by atoms with Crippen LogP contribution in [0.5, 0.6) is 5.75 Å². The lowest BCUT2D eigenvalue weighted by atomic mass is 10.2. The first-order valence-corrected chi connectivity index (χ1v) is 8.18. The Morgan fingerprint density at radius 3 is 2.65 bits per heavy atom. The number of carbonyl (C=O) groups excluding carboxylic acids is 1. The van der Waals surface area contributed by atoms with E-state index in [9.17, 15) is 4.79 Å². The third kappa shape index (κ3) is 2.72. The van der Waals surface area contributed by atoms with Crippen LogP contribution in [-0.4, -0.2) is 32.8 Å². The van der Waals surface area contributed by atoms with Crippen molar-refractivity contribution in [1.82, 2.24) is 19.7 Å². The van der Waals surface area contributed by atoms with Gasteiger partial charge in [0.05, 0.1) is 12.6 Å². The molecule has 7 nitrogen and oxygen atoms in total. The number of fused-ring (bicyclic) bond motifs is 3. The molecule has 0 fully saturated rings. The van der Waals surface area contributed by atoms with Gasteiger partial charge in [-0.25, -0.2) is 0 Å². The second-order valence-corrected chi connectivity index (χ2v) is 6.15. The number of anilines is 1. The Morgan fingerprint density at radius 2 is 1.92 bits per heavy atom. The van der Waals surface area contributed by atoms with Crippen LogP contribution in [0.1, 0.15) is 10.4 Å². The molecule has 2 heterocycles. The summed E-state index contributed by atoms with van der Waals surface area (Å²) in [6.07, 6.45) is 0. The average molecular weight is 368 g/mol. The molecule has 0 saturated carbocycles. The largest absolute Gasteiger partial charge is 0.497 e. The highest BCUT2D eigenvalue weighted by atomic mass is 35.5. The van der Waals surface area contributed by atoms with Crippen molar-refractivity contribution in [3.8, 4) is 5.75 Å². The molecule has 0 saturated heterocycles.